The Labute approximate surface area is 170 Å². The van der Waals surface area contributed by atoms with E-state index in [0.29, 0.717) is 11.1 Å². The number of nitriles is 1. The van der Waals surface area contributed by atoms with Crippen LogP contribution in [0.5, 0.6) is 0 Å². The van der Waals surface area contributed by atoms with Crippen molar-refractivity contribution in [2.45, 2.75) is 30.6 Å². The lowest BCUT2D eigenvalue weighted by molar-refractivity contribution is -0.133. The molecule has 0 unspecified atom stereocenters. The van der Waals surface area contributed by atoms with Gasteiger partial charge in [0.2, 0.25) is 5.91 Å². The molecule has 3 atom stereocenters. The molecule has 6 nitrogen and oxygen atoms in total. The molecule has 0 aliphatic carbocycles. The minimum Gasteiger partial charge on any atom is -0.465 e. The van der Waals surface area contributed by atoms with Crippen molar-refractivity contribution < 1.29 is 27.9 Å². The van der Waals surface area contributed by atoms with Gasteiger partial charge in [-0.05, 0) is 35.4 Å². The summed E-state index contributed by atoms with van der Waals surface area (Å²) in [4.78, 5) is 25.7. The van der Waals surface area contributed by atoms with E-state index in [-0.39, 0.29) is 13.0 Å². The lowest BCUT2D eigenvalue weighted by Crippen LogP contribution is -2.52. The van der Waals surface area contributed by atoms with Gasteiger partial charge in [-0.1, -0.05) is 24.3 Å². The van der Waals surface area contributed by atoms with Crippen LogP contribution in [0.4, 0.5) is 18.0 Å². The van der Waals surface area contributed by atoms with Gasteiger partial charge >= 0.3 is 6.09 Å². The van der Waals surface area contributed by atoms with Crippen LogP contribution >= 0.6 is 0 Å². The third-order valence-corrected chi connectivity index (χ3v) is 5.02. The van der Waals surface area contributed by atoms with E-state index in [1.807, 2.05) is 6.07 Å². The van der Waals surface area contributed by atoms with E-state index >= 15 is 0 Å². The van der Waals surface area contributed by atoms with Crippen molar-refractivity contribution in [3.8, 4) is 6.07 Å². The van der Waals surface area contributed by atoms with Crippen molar-refractivity contribution in [2.24, 2.45) is 0 Å². The van der Waals surface area contributed by atoms with Gasteiger partial charge in [0.1, 0.15) is 29.9 Å². The number of hydrogen-bond acceptors (Lipinski definition) is 3. The van der Waals surface area contributed by atoms with Crippen molar-refractivity contribution >= 4 is 12.0 Å². The smallest absolute Gasteiger partial charge is 0.405 e. The molecule has 0 aromatic heterocycles. The van der Waals surface area contributed by atoms with E-state index in [4.69, 9.17) is 0 Å². The number of carbonyl (C=O) groups is 2. The first-order valence-corrected chi connectivity index (χ1v) is 9.14. The number of nitrogens with one attached hydrogen (secondary N) is 1. The van der Waals surface area contributed by atoms with Gasteiger partial charge in [-0.2, -0.15) is 5.26 Å². The second-order valence-corrected chi connectivity index (χ2v) is 6.98. The lowest BCUT2D eigenvalue weighted by atomic mass is 9.84. The molecule has 30 heavy (non-hydrogen) atoms. The van der Waals surface area contributed by atoms with E-state index in [1.54, 1.807) is 0 Å². The Morgan fingerprint density at radius 2 is 1.57 bits per heavy atom. The summed E-state index contributed by atoms with van der Waals surface area (Å²) < 4.78 is 40.8. The van der Waals surface area contributed by atoms with Crippen LogP contribution in [0.15, 0.2) is 48.5 Å². The molecule has 2 aromatic carbocycles. The van der Waals surface area contributed by atoms with Gasteiger partial charge in [0, 0.05) is 12.3 Å². The highest BCUT2D eigenvalue weighted by Gasteiger charge is 2.42. The Morgan fingerprint density at radius 3 is 2.00 bits per heavy atom. The molecular weight excluding hydrogens is 399 g/mol. The first-order chi connectivity index (χ1) is 14.3. The van der Waals surface area contributed by atoms with Crippen molar-refractivity contribution in [2.75, 3.05) is 6.54 Å². The predicted octanol–water partition coefficient (Wildman–Crippen LogP) is 3.20. The average Bonchev–Trinajstić information content (AvgIpc) is 3.10. The maximum atomic E-state index is 13.9. The zero-order valence-corrected chi connectivity index (χ0v) is 15.6. The van der Waals surface area contributed by atoms with Crippen LogP contribution in [0.25, 0.3) is 0 Å². The number of hydrogen-bond donors (Lipinski definition) is 2. The van der Waals surface area contributed by atoms with E-state index in [1.165, 1.54) is 24.3 Å². The lowest BCUT2D eigenvalue weighted by Gasteiger charge is -2.31. The van der Waals surface area contributed by atoms with Gasteiger partial charge in [0.25, 0.3) is 0 Å². The first-order valence-electron chi connectivity index (χ1n) is 9.14. The fraction of sp³-hybridized carbons (Fsp3) is 0.286. The number of amides is 2. The maximum Gasteiger partial charge on any atom is 0.405 e. The largest absolute Gasteiger partial charge is 0.465 e. The molecule has 0 bridgehead atoms. The standard InChI is InChI=1S/C21H18F3N3O3/c22-14-5-1-12(2-6-14)18(13-3-7-15(23)8-4-13)19(26-21(29)30)20(28)27-11-16(24)9-17(27)10-25/h1-8,16-19,26H,9,11H2,(H,29,30)/t16-,17-,19-/m0/s1. The molecule has 2 N–H and O–H groups in total. The van der Waals surface area contributed by atoms with Crippen LogP contribution in [-0.2, 0) is 4.79 Å². The van der Waals surface area contributed by atoms with Crippen molar-refractivity contribution in [1.82, 2.24) is 10.2 Å². The second-order valence-electron chi connectivity index (χ2n) is 6.98. The summed E-state index contributed by atoms with van der Waals surface area (Å²) in [6, 6.07) is 9.53. The van der Waals surface area contributed by atoms with Crippen molar-refractivity contribution in [1.29, 1.82) is 5.26 Å². The van der Waals surface area contributed by atoms with Gasteiger partial charge < -0.3 is 15.3 Å². The van der Waals surface area contributed by atoms with Gasteiger partial charge in [0.05, 0.1) is 12.6 Å². The number of nitrogens with zero attached hydrogens (tertiary/aromatic N) is 2. The molecule has 1 aliphatic rings. The van der Waals surface area contributed by atoms with E-state index in [0.717, 1.165) is 29.2 Å². The minimum atomic E-state index is -1.51. The molecule has 1 heterocycles. The number of halogens is 3. The fourth-order valence-corrected chi connectivity index (χ4v) is 3.67. The second kappa shape index (κ2) is 8.86. The Bertz CT molecular complexity index is 915. The summed E-state index contributed by atoms with van der Waals surface area (Å²) in [7, 11) is 0. The van der Waals surface area contributed by atoms with Gasteiger partial charge in [-0.15, -0.1) is 0 Å². The molecule has 3 rings (SSSR count). The zero-order valence-electron chi connectivity index (χ0n) is 15.6. The molecule has 0 spiro atoms. The van der Waals surface area contributed by atoms with E-state index in [9.17, 15) is 33.1 Å². The molecule has 2 aromatic rings. The Hall–Kier alpha value is -3.54. The molecular formula is C21H18F3N3O3. The fourth-order valence-electron chi connectivity index (χ4n) is 3.67. The third-order valence-electron chi connectivity index (χ3n) is 5.02. The average molecular weight is 417 g/mol. The van der Waals surface area contributed by atoms with Crippen LogP contribution < -0.4 is 5.32 Å². The van der Waals surface area contributed by atoms with Crippen molar-refractivity contribution in [3.05, 3.63) is 71.3 Å². The molecule has 1 aliphatic heterocycles. The summed E-state index contributed by atoms with van der Waals surface area (Å²) in [6.45, 7) is -0.339. The highest BCUT2D eigenvalue weighted by molar-refractivity contribution is 5.88. The quantitative estimate of drug-likeness (QED) is 0.781. The summed E-state index contributed by atoms with van der Waals surface area (Å²) in [5, 5.41) is 20.8. The van der Waals surface area contributed by atoms with Crippen LogP contribution in [0.3, 0.4) is 0 Å². The van der Waals surface area contributed by atoms with Crippen LogP contribution in [-0.4, -0.2) is 46.8 Å². The number of carbonyl (C=O) groups excluding carboxylic acids is 1. The zero-order chi connectivity index (χ0) is 21.8. The maximum absolute atomic E-state index is 13.9. The molecule has 9 heteroatoms. The molecule has 0 radical (unpaired) electrons. The van der Waals surface area contributed by atoms with Crippen LogP contribution in [0.1, 0.15) is 23.5 Å². The van der Waals surface area contributed by atoms with Gasteiger partial charge in [-0.3, -0.25) is 4.79 Å². The summed E-state index contributed by atoms with van der Waals surface area (Å²) in [5.41, 5.74) is 0.777. The first kappa shape index (κ1) is 21.2. The summed E-state index contributed by atoms with van der Waals surface area (Å²) in [6.07, 6.45) is -3.08. The molecule has 0 saturated carbocycles. The normalized spacial score (nSPS) is 19.4. The Kier molecular flexibility index (Phi) is 6.26. The van der Waals surface area contributed by atoms with E-state index in [2.05, 4.69) is 5.32 Å². The number of benzene rings is 2. The van der Waals surface area contributed by atoms with Gasteiger partial charge in [-0.25, -0.2) is 18.0 Å². The minimum absolute atomic E-state index is 0.167. The number of rotatable bonds is 5. The van der Waals surface area contributed by atoms with Crippen LogP contribution in [0, 0.1) is 23.0 Å². The highest BCUT2D eigenvalue weighted by atomic mass is 19.1. The Balaban J connectivity index is 2.08. The van der Waals surface area contributed by atoms with Crippen LogP contribution in [0.2, 0.25) is 0 Å². The molecule has 1 saturated heterocycles. The SMILES string of the molecule is N#C[C@@H]1C[C@H](F)CN1C(=O)[C@@H](NC(=O)O)C(c1ccc(F)cc1)c1ccc(F)cc1. The summed E-state index contributed by atoms with van der Waals surface area (Å²) in [5.74, 6) is -2.82. The topological polar surface area (TPSA) is 93.4 Å². The Morgan fingerprint density at radius 1 is 1.07 bits per heavy atom. The predicted molar refractivity (Wildman–Crippen MR) is 100 cm³/mol. The molecule has 2 amide bonds. The van der Waals surface area contributed by atoms with E-state index < -0.39 is 47.8 Å². The monoisotopic (exact) mass is 417 g/mol. The van der Waals surface area contributed by atoms with Gasteiger partial charge in [0.15, 0.2) is 0 Å². The van der Waals surface area contributed by atoms with Crippen molar-refractivity contribution in [3.63, 3.8) is 0 Å². The number of carboxylic acid groups (broad SMARTS) is 1. The number of alkyl halides is 1. The third kappa shape index (κ3) is 4.54. The molecule has 156 valence electrons. The highest BCUT2D eigenvalue weighted by Crippen LogP contribution is 2.32. The summed E-state index contributed by atoms with van der Waals surface area (Å²) >= 11 is 0. The number of likely N-dealkylation sites (tertiary alicyclic amines) is 1. The molecule has 1 fully saturated rings.